The number of likely N-dealkylation sites (tertiary alicyclic amines) is 1. The maximum atomic E-state index is 12.0. The van der Waals surface area contributed by atoms with Crippen molar-refractivity contribution in [3.8, 4) is 5.75 Å². The SMILES string of the molecule is O=S(=O)(CC1CC1)NCCOc1ccc2c(c1)C(Cc1ccccc1)C(CN1CCC1)C2. The first kappa shape index (κ1) is 21.9. The second-order valence-electron chi connectivity index (χ2n) is 9.74. The number of benzene rings is 2. The first-order valence-electron chi connectivity index (χ1n) is 12.0. The van der Waals surface area contributed by atoms with E-state index in [9.17, 15) is 8.42 Å². The van der Waals surface area contributed by atoms with E-state index in [4.69, 9.17) is 4.74 Å². The molecule has 1 N–H and O–H groups in total. The maximum Gasteiger partial charge on any atom is 0.211 e. The first-order valence-corrected chi connectivity index (χ1v) is 13.7. The summed E-state index contributed by atoms with van der Waals surface area (Å²) in [7, 11) is -3.18. The van der Waals surface area contributed by atoms with Crippen molar-refractivity contribution in [1.29, 1.82) is 0 Å². The van der Waals surface area contributed by atoms with Crippen molar-refractivity contribution in [2.24, 2.45) is 11.8 Å². The van der Waals surface area contributed by atoms with Gasteiger partial charge in [-0.05, 0) is 91.8 Å². The Morgan fingerprint density at radius 2 is 1.88 bits per heavy atom. The Hall–Kier alpha value is -1.89. The smallest absolute Gasteiger partial charge is 0.211 e. The molecule has 0 amide bonds. The summed E-state index contributed by atoms with van der Waals surface area (Å²) in [6, 6.07) is 17.3. The van der Waals surface area contributed by atoms with Crippen LogP contribution in [0.15, 0.2) is 48.5 Å². The van der Waals surface area contributed by atoms with Crippen LogP contribution in [0.4, 0.5) is 0 Å². The van der Waals surface area contributed by atoms with Gasteiger partial charge in [-0.1, -0.05) is 36.4 Å². The molecule has 5 rings (SSSR count). The second kappa shape index (κ2) is 9.54. The Morgan fingerprint density at radius 3 is 2.59 bits per heavy atom. The average Bonchev–Trinajstić information content (AvgIpc) is 3.49. The fourth-order valence-corrected chi connectivity index (χ4v) is 6.59. The monoisotopic (exact) mass is 454 g/mol. The van der Waals surface area contributed by atoms with Gasteiger partial charge in [-0.2, -0.15) is 0 Å². The summed E-state index contributed by atoms with van der Waals surface area (Å²) in [4.78, 5) is 2.58. The molecule has 0 aromatic heterocycles. The van der Waals surface area contributed by atoms with Crippen molar-refractivity contribution in [3.05, 3.63) is 65.2 Å². The number of rotatable bonds is 11. The molecule has 2 atom stereocenters. The molecule has 2 fully saturated rings. The van der Waals surface area contributed by atoms with Crippen LogP contribution in [0.1, 0.15) is 41.9 Å². The molecular formula is C26H34N2O3S. The number of ether oxygens (including phenoxy) is 1. The Balaban J connectivity index is 1.23. The average molecular weight is 455 g/mol. The van der Waals surface area contributed by atoms with Gasteiger partial charge in [0.2, 0.25) is 10.0 Å². The summed E-state index contributed by atoms with van der Waals surface area (Å²) in [6.45, 7) is 4.30. The van der Waals surface area contributed by atoms with Gasteiger partial charge in [0, 0.05) is 13.1 Å². The van der Waals surface area contributed by atoms with Crippen LogP contribution in [-0.2, 0) is 22.9 Å². The third-order valence-corrected chi connectivity index (χ3v) is 8.71. The van der Waals surface area contributed by atoms with Crippen molar-refractivity contribution < 1.29 is 13.2 Å². The van der Waals surface area contributed by atoms with Gasteiger partial charge in [0.15, 0.2) is 0 Å². The molecule has 1 saturated heterocycles. The van der Waals surface area contributed by atoms with Gasteiger partial charge in [-0.3, -0.25) is 0 Å². The van der Waals surface area contributed by atoms with Crippen molar-refractivity contribution >= 4 is 10.0 Å². The fourth-order valence-electron chi connectivity index (χ4n) is 5.12. The zero-order chi connectivity index (χ0) is 22.0. The van der Waals surface area contributed by atoms with Gasteiger partial charge in [0.05, 0.1) is 5.75 Å². The van der Waals surface area contributed by atoms with Gasteiger partial charge < -0.3 is 9.64 Å². The van der Waals surface area contributed by atoms with Crippen LogP contribution >= 0.6 is 0 Å². The number of fused-ring (bicyclic) bond motifs is 1. The van der Waals surface area contributed by atoms with E-state index in [2.05, 4.69) is 52.1 Å². The molecule has 2 aliphatic carbocycles. The summed E-state index contributed by atoms with van der Waals surface area (Å²) in [5, 5.41) is 0. The van der Waals surface area contributed by atoms with Crippen molar-refractivity contribution in [2.75, 3.05) is 38.5 Å². The molecule has 1 aliphatic heterocycles. The molecule has 172 valence electrons. The predicted octanol–water partition coefficient (Wildman–Crippen LogP) is 3.60. The zero-order valence-electron chi connectivity index (χ0n) is 18.7. The quantitative estimate of drug-likeness (QED) is 0.527. The standard InChI is InChI=1S/C26H34N2O3S/c29-32(30,19-21-7-8-21)27-11-14-31-24-10-9-22-16-23(18-28-12-4-13-28)25(26(22)17-24)15-20-5-2-1-3-6-20/h1-3,5-6,9-10,17,21,23,25,27H,4,7-8,11-16,18-19H2. The van der Waals surface area contributed by atoms with E-state index >= 15 is 0 Å². The lowest BCUT2D eigenvalue weighted by Crippen LogP contribution is -2.41. The number of sulfonamides is 1. The second-order valence-corrected chi connectivity index (χ2v) is 11.6. The van der Waals surface area contributed by atoms with Gasteiger partial charge in [0.1, 0.15) is 12.4 Å². The van der Waals surface area contributed by atoms with Crippen molar-refractivity contribution in [1.82, 2.24) is 9.62 Å². The van der Waals surface area contributed by atoms with Crippen LogP contribution in [0.5, 0.6) is 5.75 Å². The summed E-state index contributed by atoms with van der Waals surface area (Å²) >= 11 is 0. The highest BCUT2D eigenvalue weighted by Gasteiger charge is 2.35. The van der Waals surface area contributed by atoms with Crippen LogP contribution in [0, 0.1) is 11.8 Å². The predicted molar refractivity (Wildman–Crippen MR) is 128 cm³/mol. The Kier molecular flexibility index (Phi) is 6.54. The van der Waals surface area contributed by atoms with Crippen LogP contribution in [0.25, 0.3) is 0 Å². The molecular weight excluding hydrogens is 420 g/mol. The Morgan fingerprint density at radius 1 is 1.06 bits per heavy atom. The summed E-state index contributed by atoms with van der Waals surface area (Å²) < 4.78 is 32.7. The maximum absolute atomic E-state index is 12.0. The van der Waals surface area contributed by atoms with Crippen molar-refractivity contribution in [2.45, 2.75) is 38.0 Å². The third kappa shape index (κ3) is 5.53. The lowest BCUT2D eigenvalue weighted by molar-refractivity contribution is 0.145. The van der Waals surface area contributed by atoms with Crippen LogP contribution < -0.4 is 9.46 Å². The molecule has 2 aromatic rings. The Labute approximate surface area is 192 Å². The van der Waals surface area contributed by atoms with E-state index in [-0.39, 0.29) is 5.75 Å². The molecule has 5 nitrogen and oxygen atoms in total. The van der Waals surface area contributed by atoms with Crippen LogP contribution in [-0.4, -0.2) is 51.9 Å². The van der Waals surface area contributed by atoms with Gasteiger partial charge in [-0.15, -0.1) is 0 Å². The molecule has 6 heteroatoms. The van der Waals surface area contributed by atoms with E-state index in [1.54, 1.807) is 0 Å². The molecule has 0 spiro atoms. The Bertz CT molecular complexity index is 1020. The lowest BCUT2D eigenvalue weighted by atomic mass is 9.86. The van der Waals surface area contributed by atoms with E-state index in [0.717, 1.165) is 31.4 Å². The number of hydrogen-bond acceptors (Lipinski definition) is 4. The normalized spacial score (nSPS) is 23.0. The number of nitrogens with one attached hydrogen (secondary N) is 1. The van der Waals surface area contributed by atoms with E-state index < -0.39 is 10.0 Å². The van der Waals surface area contributed by atoms with Gasteiger partial charge in [0.25, 0.3) is 0 Å². The molecule has 2 unspecified atom stereocenters. The topological polar surface area (TPSA) is 58.6 Å². The minimum Gasteiger partial charge on any atom is -0.492 e. The highest BCUT2D eigenvalue weighted by atomic mass is 32.2. The number of hydrogen-bond donors (Lipinski definition) is 1. The van der Waals surface area contributed by atoms with Crippen molar-refractivity contribution in [3.63, 3.8) is 0 Å². The van der Waals surface area contributed by atoms with Crippen LogP contribution in [0.3, 0.4) is 0 Å². The molecule has 0 bridgehead atoms. The third-order valence-electron chi connectivity index (χ3n) is 7.15. The minimum atomic E-state index is -3.18. The van der Waals surface area contributed by atoms with E-state index in [1.165, 1.54) is 42.7 Å². The zero-order valence-corrected chi connectivity index (χ0v) is 19.5. The summed E-state index contributed by atoms with van der Waals surface area (Å²) in [5.41, 5.74) is 4.23. The molecule has 1 heterocycles. The lowest BCUT2D eigenvalue weighted by Gasteiger charge is -2.35. The molecule has 3 aliphatic rings. The molecule has 1 saturated carbocycles. The molecule has 2 aromatic carbocycles. The minimum absolute atomic E-state index is 0.255. The van der Waals surface area contributed by atoms with E-state index in [1.807, 2.05) is 6.07 Å². The largest absolute Gasteiger partial charge is 0.492 e. The van der Waals surface area contributed by atoms with Gasteiger partial charge >= 0.3 is 0 Å². The highest BCUT2D eigenvalue weighted by molar-refractivity contribution is 7.89. The summed E-state index contributed by atoms with van der Waals surface area (Å²) in [5.74, 6) is 2.58. The molecule has 32 heavy (non-hydrogen) atoms. The molecule has 0 radical (unpaired) electrons. The van der Waals surface area contributed by atoms with Crippen LogP contribution in [0.2, 0.25) is 0 Å². The highest BCUT2D eigenvalue weighted by Crippen LogP contribution is 2.42. The number of nitrogens with zero attached hydrogens (tertiary/aromatic N) is 1. The first-order chi connectivity index (χ1) is 15.6. The van der Waals surface area contributed by atoms with E-state index in [0.29, 0.717) is 30.9 Å². The summed E-state index contributed by atoms with van der Waals surface area (Å²) in [6.07, 6.45) is 5.58. The van der Waals surface area contributed by atoms with Gasteiger partial charge in [-0.25, -0.2) is 13.1 Å². The fraction of sp³-hybridized carbons (Fsp3) is 0.538.